The molecule has 1 aromatic rings. The van der Waals surface area contributed by atoms with Gasteiger partial charge in [-0.2, -0.15) is 0 Å². The Bertz CT molecular complexity index is 839. The first-order chi connectivity index (χ1) is 14.5. The molecule has 0 bridgehead atoms. The summed E-state index contributed by atoms with van der Waals surface area (Å²) in [4.78, 5) is 34.4. The van der Waals surface area contributed by atoms with Crippen LogP contribution in [0.15, 0.2) is 18.2 Å². The summed E-state index contributed by atoms with van der Waals surface area (Å²) in [5.74, 6) is 5.31. The van der Waals surface area contributed by atoms with Crippen molar-refractivity contribution in [2.45, 2.75) is 58.1 Å². The van der Waals surface area contributed by atoms with Crippen molar-refractivity contribution in [1.82, 2.24) is 5.32 Å². The maximum absolute atomic E-state index is 12.1. The summed E-state index contributed by atoms with van der Waals surface area (Å²) in [6.45, 7) is 5.29. The van der Waals surface area contributed by atoms with Crippen LogP contribution in [0.5, 0.6) is 5.75 Å². The zero-order valence-electron chi connectivity index (χ0n) is 18.2. The van der Waals surface area contributed by atoms with E-state index in [4.69, 9.17) is 26.8 Å². The van der Waals surface area contributed by atoms with Gasteiger partial charge >= 0.3 is 12.1 Å². The first-order valence-corrected chi connectivity index (χ1v) is 10.1. The van der Waals surface area contributed by atoms with Crippen molar-refractivity contribution in [3.05, 3.63) is 28.8 Å². The lowest BCUT2D eigenvalue weighted by molar-refractivity contribution is -0.140. The molecule has 1 aromatic carbocycles. The van der Waals surface area contributed by atoms with Crippen LogP contribution in [0.4, 0.5) is 4.79 Å². The van der Waals surface area contributed by atoms with Crippen LogP contribution in [0.2, 0.25) is 5.02 Å². The molecule has 9 heteroatoms. The van der Waals surface area contributed by atoms with E-state index in [-0.39, 0.29) is 31.8 Å². The number of methoxy groups -OCH3 is 1. The number of rotatable bonds is 9. The molecule has 0 radical (unpaired) electrons. The Morgan fingerprint density at radius 1 is 1.23 bits per heavy atom. The van der Waals surface area contributed by atoms with Crippen LogP contribution in [-0.4, -0.2) is 43.3 Å². The van der Waals surface area contributed by atoms with Crippen LogP contribution in [0.3, 0.4) is 0 Å². The summed E-state index contributed by atoms with van der Waals surface area (Å²) in [5.41, 5.74) is 5.10. The van der Waals surface area contributed by atoms with Crippen LogP contribution in [-0.2, 0) is 19.1 Å². The van der Waals surface area contributed by atoms with Crippen molar-refractivity contribution >= 4 is 29.6 Å². The van der Waals surface area contributed by atoms with E-state index in [0.29, 0.717) is 22.8 Å². The molecule has 0 aliphatic rings. The molecule has 0 fully saturated rings. The number of hydrogen-bond donors (Lipinski definition) is 2. The van der Waals surface area contributed by atoms with Gasteiger partial charge in [0.25, 0.3) is 0 Å². The summed E-state index contributed by atoms with van der Waals surface area (Å²) in [6.07, 6.45) is 0.253. The minimum absolute atomic E-state index is 0.0471. The number of hydrogen-bond acceptors (Lipinski definition) is 6. The normalized spacial score (nSPS) is 11.5. The molecule has 2 amide bonds. The molecule has 170 valence electrons. The Kier molecular flexibility index (Phi) is 10.7. The van der Waals surface area contributed by atoms with Crippen LogP contribution in [0.1, 0.15) is 52.0 Å². The van der Waals surface area contributed by atoms with E-state index in [9.17, 15) is 14.4 Å². The predicted octanol–water partition coefficient (Wildman–Crippen LogP) is 3.18. The SMILES string of the molecule is COC(=O)CCC#Cc1cccc(OCC(CCC(N)=O)NC(=O)OC(C)(C)C)c1Cl. The van der Waals surface area contributed by atoms with Crippen molar-refractivity contribution in [1.29, 1.82) is 0 Å². The van der Waals surface area contributed by atoms with Gasteiger partial charge in [0.1, 0.15) is 18.0 Å². The lowest BCUT2D eigenvalue weighted by Crippen LogP contribution is -2.42. The number of carbonyl (C=O) groups is 3. The van der Waals surface area contributed by atoms with E-state index in [2.05, 4.69) is 21.9 Å². The average Bonchev–Trinajstić information content (AvgIpc) is 2.67. The number of halogens is 1. The van der Waals surface area contributed by atoms with Crippen LogP contribution >= 0.6 is 11.6 Å². The molecular formula is C22H29ClN2O6. The highest BCUT2D eigenvalue weighted by Crippen LogP contribution is 2.28. The summed E-state index contributed by atoms with van der Waals surface area (Å²) >= 11 is 6.38. The topological polar surface area (TPSA) is 117 Å². The third kappa shape index (κ3) is 11.2. The standard InChI is InChI=1S/C22H29ClN2O6/c1-22(2,3)31-21(28)25-16(12-13-18(24)26)14-30-17-10-7-9-15(20(17)23)8-5-6-11-19(27)29-4/h7,9-10,16H,6,11-14H2,1-4H3,(H2,24,26)(H,25,28). The van der Waals surface area contributed by atoms with E-state index in [0.717, 1.165) is 0 Å². The Hall–Kier alpha value is -2.92. The Balaban J connectivity index is 2.80. The predicted molar refractivity (Wildman–Crippen MR) is 117 cm³/mol. The molecule has 1 rings (SSSR count). The smallest absolute Gasteiger partial charge is 0.407 e. The van der Waals surface area contributed by atoms with Gasteiger partial charge in [0.2, 0.25) is 5.91 Å². The van der Waals surface area contributed by atoms with E-state index in [1.807, 2.05) is 0 Å². The average molecular weight is 453 g/mol. The van der Waals surface area contributed by atoms with Crippen molar-refractivity contribution < 1.29 is 28.6 Å². The van der Waals surface area contributed by atoms with Gasteiger partial charge in [-0.05, 0) is 39.3 Å². The molecule has 1 atom stereocenters. The van der Waals surface area contributed by atoms with Crippen LogP contribution in [0, 0.1) is 11.8 Å². The Morgan fingerprint density at radius 2 is 1.94 bits per heavy atom. The van der Waals surface area contributed by atoms with Gasteiger partial charge in [-0.25, -0.2) is 4.79 Å². The second-order valence-electron chi connectivity index (χ2n) is 7.65. The van der Waals surface area contributed by atoms with Crippen molar-refractivity contribution in [2.24, 2.45) is 5.73 Å². The quantitative estimate of drug-likeness (QED) is 0.439. The number of esters is 1. The molecule has 3 N–H and O–H groups in total. The summed E-state index contributed by atoms with van der Waals surface area (Å²) < 4.78 is 15.6. The minimum atomic E-state index is -0.663. The van der Waals surface area contributed by atoms with Crippen molar-refractivity contribution in [3.63, 3.8) is 0 Å². The number of nitrogens with two attached hydrogens (primary N) is 1. The molecule has 8 nitrogen and oxygen atoms in total. The maximum Gasteiger partial charge on any atom is 0.407 e. The third-order valence-corrected chi connectivity index (χ3v) is 4.16. The maximum atomic E-state index is 12.1. The molecule has 0 saturated heterocycles. The van der Waals surface area contributed by atoms with Gasteiger partial charge in [-0.1, -0.05) is 29.5 Å². The Labute approximate surface area is 187 Å². The number of carbonyl (C=O) groups excluding carboxylic acids is 3. The van der Waals surface area contributed by atoms with Gasteiger partial charge in [-0.15, -0.1) is 0 Å². The number of benzene rings is 1. The largest absolute Gasteiger partial charge is 0.490 e. The Morgan fingerprint density at radius 3 is 2.55 bits per heavy atom. The first-order valence-electron chi connectivity index (χ1n) is 9.76. The van der Waals surface area contributed by atoms with Crippen LogP contribution < -0.4 is 15.8 Å². The van der Waals surface area contributed by atoms with Gasteiger partial charge < -0.3 is 25.3 Å². The molecule has 0 saturated carbocycles. The molecule has 0 aliphatic heterocycles. The highest BCUT2D eigenvalue weighted by molar-refractivity contribution is 6.33. The zero-order valence-corrected chi connectivity index (χ0v) is 19.0. The van der Waals surface area contributed by atoms with Gasteiger partial charge in [0.15, 0.2) is 0 Å². The third-order valence-electron chi connectivity index (χ3n) is 3.77. The van der Waals surface area contributed by atoms with Gasteiger partial charge in [0, 0.05) is 18.4 Å². The second kappa shape index (κ2) is 12.7. The number of ether oxygens (including phenoxy) is 3. The molecule has 0 aromatic heterocycles. The molecule has 0 spiro atoms. The van der Waals surface area contributed by atoms with Gasteiger partial charge in [0.05, 0.1) is 24.6 Å². The fraction of sp³-hybridized carbons (Fsp3) is 0.500. The monoisotopic (exact) mass is 452 g/mol. The minimum Gasteiger partial charge on any atom is -0.490 e. The fourth-order valence-electron chi connectivity index (χ4n) is 2.32. The van der Waals surface area contributed by atoms with E-state index < -0.39 is 23.6 Å². The highest BCUT2D eigenvalue weighted by atomic mass is 35.5. The molecule has 1 unspecified atom stereocenters. The second-order valence-corrected chi connectivity index (χ2v) is 8.03. The lowest BCUT2D eigenvalue weighted by Gasteiger charge is -2.24. The number of primary amides is 1. The van der Waals surface area contributed by atoms with Crippen LogP contribution in [0.25, 0.3) is 0 Å². The molecule has 0 aliphatic carbocycles. The van der Waals surface area contributed by atoms with Crippen molar-refractivity contribution in [3.8, 4) is 17.6 Å². The molecular weight excluding hydrogens is 424 g/mol. The van der Waals surface area contributed by atoms with Gasteiger partial charge in [-0.3, -0.25) is 9.59 Å². The summed E-state index contributed by atoms with van der Waals surface area (Å²) in [7, 11) is 1.32. The lowest BCUT2D eigenvalue weighted by atomic mass is 10.1. The number of alkyl carbamates (subject to hydrolysis) is 1. The summed E-state index contributed by atoms with van der Waals surface area (Å²) in [6, 6.07) is 4.60. The number of nitrogens with one attached hydrogen (secondary N) is 1. The van der Waals surface area contributed by atoms with E-state index >= 15 is 0 Å². The molecule has 0 heterocycles. The summed E-state index contributed by atoms with van der Waals surface area (Å²) in [5, 5.41) is 2.99. The van der Waals surface area contributed by atoms with E-state index in [1.54, 1.807) is 39.0 Å². The van der Waals surface area contributed by atoms with Crippen molar-refractivity contribution in [2.75, 3.05) is 13.7 Å². The van der Waals surface area contributed by atoms with E-state index in [1.165, 1.54) is 7.11 Å². The zero-order chi connectivity index (χ0) is 23.4. The highest BCUT2D eigenvalue weighted by Gasteiger charge is 2.21. The number of amides is 2. The molecule has 31 heavy (non-hydrogen) atoms. The fourth-order valence-corrected chi connectivity index (χ4v) is 2.55. The first kappa shape index (κ1) is 26.1.